The van der Waals surface area contributed by atoms with E-state index in [2.05, 4.69) is 4.98 Å². The van der Waals surface area contributed by atoms with E-state index in [-0.39, 0.29) is 17.9 Å². The van der Waals surface area contributed by atoms with Crippen molar-refractivity contribution < 1.29 is 16.8 Å². The molecule has 0 bridgehead atoms. The van der Waals surface area contributed by atoms with E-state index in [9.17, 15) is 26.4 Å². The molecule has 0 spiro atoms. The minimum atomic E-state index is -4.17. The summed E-state index contributed by atoms with van der Waals surface area (Å²) in [4.78, 5) is 25.7. The molecule has 11 heteroatoms. The Labute approximate surface area is 114 Å². The van der Waals surface area contributed by atoms with E-state index in [0.29, 0.717) is 0 Å². The number of H-pyrrole nitrogens is 2. The molecule has 1 aromatic rings. The minimum Gasteiger partial charge on any atom is -0.313 e. The van der Waals surface area contributed by atoms with Crippen molar-refractivity contribution in [2.75, 3.05) is 18.6 Å². The van der Waals surface area contributed by atoms with Gasteiger partial charge in [-0.25, -0.2) is 21.6 Å². The summed E-state index contributed by atoms with van der Waals surface area (Å²) in [6.45, 7) is 0. The Morgan fingerprint density at radius 3 is 2.50 bits per heavy atom. The lowest BCUT2D eigenvalue weighted by Gasteiger charge is -2.21. The SMILES string of the molecule is CN([C@@H]1CCS(=O)(=O)C1)S(=O)(=O)c1c[nH]c(=O)[nH]c1=O. The summed E-state index contributed by atoms with van der Waals surface area (Å²) in [5.41, 5.74) is -1.86. The summed E-state index contributed by atoms with van der Waals surface area (Å²) < 4.78 is 48.1. The fourth-order valence-electron chi connectivity index (χ4n) is 2.00. The van der Waals surface area contributed by atoms with Gasteiger partial charge in [-0.15, -0.1) is 0 Å². The largest absolute Gasteiger partial charge is 0.325 e. The van der Waals surface area contributed by atoms with E-state index in [0.717, 1.165) is 10.5 Å². The summed E-state index contributed by atoms with van der Waals surface area (Å²) >= 11 is 0. The first-order valence-corrected chi connectivity index (χ1v) is 8.90. The molecule has 0 aliphatic carbocycles. The number of sulfone groups is 1. The van der Waals surface area contributed by atoms with Gasteiger partial charge in [0.15, 0.2) is 14.7 Å². The summed E-state index contributed by atoms with van der Waals surface area (Å²) in [5.74, 6) is -0.358. The van der Waals surface area contributed by atoms with Gasteiger partial charge in [-0.3, -0.25) is 9.78 Å². The van der Waals surface area contributed by atoms with Crippen LogP contribution in [0.1, 0.15) is 6.42 Å². The molecule has 1 aliphatic rings. The Bertz CT molecular complexity index is 835. The molecule has 1 fully saturated rings. The highest BCUT2D eigenvalue weighted by atomic mass is 32.2. The van der Waals surface area contributed by atoms with Crippen molar-refractivity contribution in [3.63, 3.8) is 0 Å². The molecule has 20 heavy (non-hydrogen) atoms. The lowest BCUT2D eigenvalue weighted by Crippen LogP contribution is -2.41. The summed E-state index contributed by atoms with van der Waals surface area (Å²) in [5, 5.41) is 0. The first-order valence-electron chi connectivity index (χ1n) is 5.64. The molecule has 0 unspecified atom stereocenters. The Kier molecular flexibility index (Phi) is 3.60. The maximum absolute atomic E-state index is 12.3. The van der Waals surface area contributed by atoms with Crippen LogP contribution in [0.4, 0.5) is 0 Å². The number of hydrogen-bond acceptors (Lipinski definition) is 6. The molecule has 1 atom stereocenters. The molecule has 9 nitrogen and oxygen atoms in total. The van der Waals surface area contributed by atoms with Gasteiger partial charge < -0.3 is 4.98 Å². The van der Waals surface area contributed by atoms with E-state index < -0.39 is 42.0 Å². The molecule has 2 rings (SSSR count). The molecule has 112 valence electrons. The number of nitrogens with one attached hydrogen (secondary N) is 2. The van der Waals surface area contributed by atoms with Gasteiger partial charge in [0.05, 0.1) is 11.5 Å². The van der Waals surface area contributed by atoms with Crippen LogP contribution < -0.4 is 11.2 Å². The van der Waals surface area contributed by atoms with Crippen LogP contribution in [-0.2, 0) is 19.9 Å². The summed E-state index contributed by atoms with van der Waals surface area (Å²) in [7, 11) is -6.20. The average Bonchev–Trinajstić information content (AvgIpc) is 2.68. The first kappa shape index (κ1) is 14.9. The Hall–Kier alpha value is -1.46. The number of sulfonamides is 1. The van der Waals surface area contributed by atoms with Gasteiger partial charge >= 0.3 is 5.69 Å². The van der Waals surface area contributed by atoms with E-state index in [1.54, 1.807) is 0 Å². The smallest absolute Gasteiger partial charge is 0.313 e. The molecule has 1 aliphatic heterocycles. The molecule has 2 heterocycles. The van der Waals surface area contributed by atoms with E-state index in [1.165, 1.54) is 7.05 Å². The van der Waals surface area contributed by atoms with Gasteiger partial charge in [0.25, 0.3) is 5.56 Å². The monoisotopic (exact) mass is 323 g/mol. The molecule has 0 amide bonds. The van der Waals surface area contributed by atoms with Gasteiger partial charge in [-0.05, 0) is 6.42 Å². The van der Waals surface area contributed by atoms with Crippen LogP contribution in [0.5, 0.6) is 0 Å². The fraction of sp³-hybridized carbons (Fsp3) is 0.556. The van der Waals surface area contributed by atoms with Gasteiger partial charge in [0, 0.05) is 19.3 Å². The second-order valence-corrected chi connectivity index (χ2v) is 8.71. The Morgan fingerprint density at radius 2 is 2.00 bits per heavy atom. The average molecular weight is 323 g/mol. The van der Waals surface area contributed by atoms with E-state index >= 15 is 0 Å². The quantitative estimate of drug-likeness (QED) is 0.652. The van der Waals surface area contributed by atoms with Crippen LogP contribution >= 0.6 is 0 Å². The number of rotatable bonds is 3. The lowest BCUT2D eigenvalue weighted by molar-refractivity contribution is 0.393. The predicted octanol–water partition coefficient (Wildman–Crippen LogP) is -2.13. The highest BCUT2D eigenvalue weighted by Crippen LogP contribution is 2.21. The molecule has 0 saturated carbocycles. The first-order chi connectivity index (χ1) is 9.13. The van der Waals surface area contributed by atoms with Crippen molar-refractivity contribution in [3.8, 4) is 0 Å². The van der Waals surface area contributed by atoms with Crippen LogP contribution in [0.25, 0.3) is 0 Å². The fourth-order valence-corrected chi connectivity index (χ4v) is 5.25. The number of nitrogens with zero attached hydrogens (tertiary/aromatic N) is 1. The van der Waals surface area contributed by atoms with Crippen molar-refractivity contribution in [2.45, 2.75) is 17.4 Å². The number of aromatic nitrogens is 2. The van der Waals surface area contributed by atoms with Gasteiger partial charge in [-0.1, -0.05) is 0 Å². The zero-order valence-electron chi connectivity index (χ0n) is 10.5. The molecule has 2 N–H and O–H groups in total. The van der Waals surface area contributed by atoms with Crippen molar-refractivity contribution in [1.29, 1.82) is 0 Å². The third-order valence-electron chi connectivity index (χ3n) is 3.16. The van der Waals surface area contributed by atoms with Gasteiger partial charge in [-0.2, -0.15) is 4.31 Å². The molecule has 1 aromatic heterocycles. The van der Waals surface area contributed by atoms with Crippen LogP contribution in [0.3, 0.4) is 0 Å². The Morgan fingerprint density at radius 1 is 1.35 bits per heavy atom. The van der Waals surface area contributed by atoms with Crippen LogP contribution in [-0.4, -0.2) is 55.7 Å². The summed E-state index contributed by atoms with van der Waals surface area (Å²) in [6.07, 6.45) is 0.982. The van der Waals surface area contributed by atoms with Crippen LogP contribution in [0.15, 0.2) is 20.7 Å². The predicted molar refractivity (Wildman–Crippen MR) is 69.7 cm³/mol. The second kappa shape index (κ2) is 4.82. The highest BCUT2D eigenvalue weighted by molar-refractivity contribution is 7.92. The van der Waals surface area contributed by atoms with Crippen LogP contribution in [0.2, 0.25) is 0 Å². The molecule has 0 aromatic carbocycles. The summed E-state index contributed by atoms with van der Waals surface area (Å²) in [6, 6.07) is -0.712. The number of aromatic amines is 2. The van der Waals surface area contributed by atoms with Gasteiger partial charge in [0.1, 0.15) is 0 Å². The van der Waals surface area contributed by atoms with Crippen molar-refractivity contribution >= 4 is 19.9 Å². The third kappa shape index (κ3) is 2.69. The van der Waals surface area contributed by atoms with Crippen molar-refractivity contribution in [2.24, 2.45) is 0 Å². The van der Waals surface area contributed by atoms with E-state index in [4.69, 9.17) is 0 Å². The Balaban J connectivity index is 2.40. The van der Waals surface area contributed by atoms with Crippen molar-refractivity contribution in [3.05, 3.63) is 27.0 Å². The number of hydrogen-bond donors (Lipinski definition) is 2. The third-order valence-corrected chi connectivity index (χ3v) is 6.83. The van der Waals surface area contributed by atoms with Crippen LogP contribution in [0, 0.1) is 0 Å². The molecule has 0 radical (unpaired) electrons. The zero-order valence-corrected chi connectivity index (χ0v) is 12.1. The second-order valence-electron chi connectivity index (χ2n) is 4.51. The maximum Gasteiger partial charge on any atom is 0.325 e. The standard InChI is InChI=1S/C9H13N3O6S2/c1-12(6-2-3-19(15,16)5-6)20(17,18)7-4-10-9(14)11-8(7)13/h4,6H,2-3,5H2,1H3,(H2,10,11,13,14)/t6-/m1/s1. The maximum atomic E-state index is 12.3. The zero-order chi connectivity index (χ0) is 15.1. The molecule has 1 saturated heterocycles. The minimum absolute atomic E-state index is 0.0838. The normalized spacial score (nSPS) is 22.2. The lowest BCUT2D eigenvalue weighted by atomic mass is 10.3. The highest BCUT2D eigenvalue weighted by Gasteiger charge is 2.37. The molecular weight excluding hydrogens is 310 g/mol. The van der Waals surface area contributed by atoms with Crippen molar-refractivity contribution in [1.82, 2.24) is 14.3 Å². The van der Waals surface area contributed by atoms with Gasteiger partial charge in [0.2, 0.25) is 10.0 Å². The topological polar surface area (TPSA) is 137 Å². The molecular formula is C9H13N3O6S2. The van der Waals surface area contributed by atoms with E-state index in [1.807, 2.05) is 4.98 Å².